The molecule has 0 spiro atoms. The SMILES string of the molecule is C1CC2C3CCC(C3)C2C1.C=C(C)C(=O)OCCCC(=O)OC(COCC)COC(=O)C(=C)C.C=C(C)C(=O)OCCCC(=O)OC(COCC)COC(=O)C(=C)C. The predicted molar refractivity (Wildman–Crippen MR) is 216 cm³/mol. The Hall–Kier alpha value is -4.30. The molecule has 58 heavy (non-hydrogen) atoms. The van der Waals surface area contributed by atoms with E-state index in [4.69, 9.17) is 37.9 Å². The van der Waals surface area contributed by atoms with Gasteiger partial charge in [-0.1, -0.05) is 32.7 Å². The lowest BCUT2D eigenvalue weighted by atomic mass is 9.82. The average molecular weight is 821 g/mol. The summed E-state index contributed by atoms with van der Waals surface area (Å²) in [6.45, 7) is 24.7. The fourth-order valence-electron chi connectivity index (χ4n) is 6.83. The third kappa shape index (κ3) is 21.5. The summed E-state index contributed by atoms with van der Waals surface area (Å²) in [6, 6.07) is 0. The first-order valence-corrected chi connectivity index (χ1v) is 20.3. The predicted octanol–water partition coefficient (Wildman–Crippen LogP) is 6.74. The maximum atomic E-state index is 11.8. The van der Waals surface area contributed by atoms with Crippen LogP contribution in [-0.4, -0.2) is 101 Å². The fourth-order valence-corrected chi connectivity index (χ4v) is 6.83. The van der Waals surface area contributed by atoms with Gasteiger partial charge in [0.15, 0.2) is 12.2 Å². The molecule has 328 valence electrons. The molecule has 0 aromatic rings. The highest BCUT2D eigenvalue weighted by atomic mass is 16.6. The lowest BCUT2D eigenvalue weighted by Gasteiger charge is -2.23. The van der Waals surface area contributed by atoms with Gasteiger partial charge in [-0.15, -0.1) is 0 Å². The summed E-state index contributed by atoms with van der Waals surface area (Å²) in [6.07, 6.45) is 8.93. The zero-order chi connectivity index (χ0) is 43.6. The molecule has 0 aliphatic heterocycles. The van der Waals surface area contributed by atoms with Crippen molar-refractivity contribution in [2.45, 2.75) is 118 Å². The van der Waals surface area contributed by atoms with Crippen LogP contribution in [0.5, 0.6) is 0 Å². The van der Waals surface area contributed by atoms with Crippen molar-refractivity contribution in [3.63, 3.8) is 0 Å². The highest BCUT2D eigenvalue weighted by Crippen LogP contribution is 2.58. The zero-order valence-electron chi connectivity index (χ0n) is 35.7. The van der Waals surface area contributed by atoms with Crippen LogP contribution in [0, 0.1) is 23.7 Å². The molecule has 6 unspecified atom stereocenters. The summed E-state index contributed by atoms with van der Waals surface area (Å²) in [5.41, 5.74) is 1.12. The van der Waals surface area contributed by atoms with E-state index in [1.165, 1.54) is 37.5 Å². The number of rotatable bonds is 24. The van der Waals surface area contributed by atoms with Crippen molar-refractivity contribution in [1.82, 2.24) is 0 Å². The van der Waals surface area contributed by atoms with Crippen LogP contribution >= 0.6 is 0 Å². The largest absolute Gasteiger partial charge is 0.462 e. The van der Waals surface area contributed by atoms with Crippen LogP contribution < -0.4 is 0 Å². The van der Waals surface area contributed by atoms with Crippen molar-refractivity contribution in [2.24, 2.45) is 23.7 Å². The van der Waals surface area contributed by atoms with Gasteiger partial charge in [-0.3, -0.25) is 9.59 Å². The summed E-state index contributed by atoms with van der Waals surface area (Å²) in [7, 11) is 0. The molecule has 14 nitrogen and oxygen atoms in total. The van der Waals surface area contributed by atoms with E-state index in [9.17, 15) is 28.8 Å². The minimum atomic E-state index is -0.696. The number of carbonyl (C=O) groups is 6. The maximum Gasteiger partial charge on any atom is 0.333 e. The monoisotopic (exact) mass is 820 g/mol. The Bertz CT molecular complexity index is 1300. The van der Waals surface area contributed by atoms with E-state index in [2.05, 4.69) is 26.3 Å². The second kappa shape index (κ2) is 29.0. The van der Waals surface area contributed by atoms with E-state index in [1.54, 1.807) is 66.2 Å². The number of fused-ring (bicyclic) bond motifs is 5. The molecule has 2 bridgehead atoms. The Kier molecular flexibility index (Phi) is 25.9. The van der Waals surface area contributed by atoms with Crippen LogP contribution in [0.15, 0.2) is 48.6 Å². The summed E-state index contributed by atoms with van der Waals surface area (Å²) in [5, 5.41) is 0. The van der Waals surface area contributed by atoms with Crippen LogP contribution in [0.25, 0.3) is 0 Å². The molecule has 3 aliphatic rings. The molecule has 0 saturated heterocycles. The summed E-state index contributed by atoms with van der Waals surface area (Å²) >= 11 is 0. The van der Waals surface area contributed by atoms with Crippen molar-refractivity contribution < 1.29 is 66.7 Å². The first kappa shape index (κ1) is 51.7. The lowest BCUT2D eigenvalue weighted by molar-refractivity contribution is -0.161. The van der Waals surface area contributed by atoms with Crippen molar-refractivity contribution in [2.75, 3.05) is 52.9 Å². The third-order valence-electron chi connectivity index (χ3n) is 9.67. The molecular weight excluding hydrogens is 752 g/mol. The van der Waals surface area contributed by atoms with E-state index >= 15 is 0 Å². The quantitative estimate of drug-likeness (QED) is 0.0433. The first-order chi connectivity index (χ1) is 27.5. The van der Waals surface area contributed by atoms with E-state index < -0.39 is 48.0 Å². The lowest BCUT2D eigenvalue weighted by Crippen LogP contribution is -2.30. The summed E-state index contributed by atoms with van der Waals surface area (Å²) in [5.74, 6) is 1.72. The minimum absolute atomic E-state index is 0.0700. The molecule has 0 heterocycles. The molecule has 0 radical (unpaired) electrons. The van der Waals surface area contributed by atoms with Crippen LogP contribution in [0.1, 0.15) is 106 Å². The van der Waals surface area contributed by atoms with Crippen LogP contribution in [0.2, 0.25) is 0 Å². The molecule has 0 aromatic carbocycles. The molecule has 0 N–H and O–H groups in total. The van der Waals surface area contributed by atoms with Crippen molar-refractivity contribution in [3.05, 3.63) is 48.6 Å². The number of hydrogen-bond donors (Lipinski definition) is 0. The molecule has 0 amide bonds. The normalized spacial score (nSPS) is 19.3. The van der Waals surface area contributed by atoms with Crippen LogP contribution in [-0.2, 0) is 66.7 Å². The van der Waals surface area contributed by atoms with Gasteiger partial charge in [0.1, 0.15) is 13.2 Å². The number of esters is 6. The maximum absolute atomic E-state index is 11.8. The molecule has 3 aliphatic carbocycles. The van der Waals surface area contributed by atoms with Gasteiger partial charge in [-0.2, -0.15) is 0 Å². The van der Waals surface area contributed by atoms with Crippen LogP contribution in [0.3, 0.4) is 0 Å². The Morgan fingerprint density at radius 2 is 0.862 bits per heavy atom. The van der Waals surface area contributed by atoms with Gasteiger partial charge >= 0.3 is 35.8 Å². The highest BCUT2D eigenvalue weighted by molar-refractivity contribution is 5.88. The Labute approximate surface area is 345 Å². The van der Waals surface area contributed by atoms with Gasteiger partial charge in [0, 0.05) is 48.3 Å². The van der Waals surface area contributed by atoms with Gasteiger partial charge < -0.3 is 37.9 Å². The van der Waals surface area contributed by atoms with Gasteiger partial charge in [-0.05, 0) is 110 Å². The molecule has 3 saturated carbocycles. The van der Waals surface area contributed by atoms with Gasteiger partial charge in [-0.25, -0.2) is 19.2 Å². The van der Waals surface area contributed by atoms with Crippen molar-refractivity contribution in [3.8, 4) is 0 Å². The minimum Gasteiger partial charge on any atom is -0.462 e. The number of ether oxygens (including phenoxy) is 8. The Morgan fingerprint density at radius 1 is 0.517 bits per heavy atom. The fraction of sp³-hybridized carbons (Fsp3) is 0.682. The first-order valence-electron chi connectivity index (χ1n) is 20.3. The number of carbonyl (C=O) groups excluding carboxylic acids is 6. The standard InChI is InChI=1S/2C17H26O7.C10H16/c2*1-6-21-10-14(11-23-17(20)13(4)5)24-15(18)8-7-9-22-16(19)12(2)3;1-2-9-7-4-5-8(6-7)10(9)3-1/h2*14H,2,4,6-11H2,1,3,5H3;7-10H,1-6H2. The van der Waals surface area contributed by atoms with Crippen LogP contribution in [0.4, 0.5) is 0 Å². The molecule has 0 aromatic heterocycles. The number of hydrogen-bond acceptors (Lipinski definition) is 14. The molecular formula is C44H68O14. The van der Waals surface area contributed by atoms with Gasteiger partial charge in [0.25, 0.3) is 0 Å². The van der Waals surface area contributed by atoms with Crippen molar-refractivity contribution in [1.29, 1.82) is 0 Å². The zero-order valence-corrected chi connectivity index (χ0v) is 35.7. The molecule has 3 rings (SSSR count). The molecule has 3 fully saturated rings. The van der Waals surface area contributed by atoms with E-state index in [0.29, 0.717) is 37.2 Å². The van der Waals surface area contributed by atoms with Crippen molar-refractivity contribution >= 4 is 35.8 Å². The van der Waals surface area contributed by atoms with Gasteiger partial charge in [0.05, 0.1) is 26.4 Å². The average Bonchev–Trinajstić information content (AvgIpc) is 3.94. The van der Waals surface area contributed by atoms with E-state index in [0.717, 1.165) is 0 Å². The Morgan fingerprint density at radius 3 is 1.19 bits per heavy atom. The van der Waals surface area contributed by atoms with E-state index in [-0.39, 0.29) is 63.6 Å². The second-order valence-electron chi connectivity index (χ2n) is 14.9. The van der Waals surface area contributed by atoms with E-state index in [1.807, 2.05) is 0 Å². The summed E-state index contributed by atoms with van der Waals surface area (Å²) < 4.78 is 40.5. The smallest absolute Gasteiger partial charge is 0.333 e. The van der Waals surface area contributed by atoms with Gasteiger partial charge in [0.2, 0.25) is 0 Å². The highest BCUT2D eigenvalue weighted by Gasteiger charge is 2.48. The topological polar surface area (TPSA) is 176 Å². The third-order valence-corrected chi connectivity index (χ3v) is 9.67. The summed E-state index contributed by atoms with van der Waals surface area (Å²) in [4.78, 5) is 68.7. The second-order valence-corrected chi connectivity index (χ2v) is 14.9. The Balaban J connectivity index is 0.000000465. The molecule has 6 atom stereocenters. The molecule has 14 heteroatoms.